The maximum Gasteiger partial charge on any atom is 0.267 e. The minimum atomic E-state index is -0.308. The highest BCUT2D eigenvalue weighted by atomic mass is 16.5. The first-order valence-electron chi connectivity index (χ1n) is 12.7. The number of carbonyl (C=O) groups is 1. The highest BCUT2D eigenvalue weighted by Gasteiger charge is 2.26. The van der Waals surface area contributed by atoms with E-state index >= 15 is 0 Å². The van der Waals surface area contributed by atoms with E-state index in [0.29, 0.717) is 35.7 Å². The number of hydrogen-bond donors (Lipinski definition) is 2. The summed E-state index contributed by atoms with van der Waals surface area (Å²) in [7, 11) is 3.14. The maximum atomic E-state index is 13.4. The Morgan fingerprint density at radius 1 is 1.10 bits per heavy atom. The summed E-state index contributed by atoms with van der Waals surface area (Å²) in [5, 5.41) is 5.96. The van der Waals surface area contributed by atoms with Gasteiger partial charge in [-0.15, -0.1) is 0 Å². The minimum Gasteiger partial charge on any atom is -0.493 e. The van der Waals surface area contributed by atoms with E-state index in [1.165, 1.54) is 11.1 Å². The number of allylic oxidation sites excluding steroid dienone is 1. The number of rotatable bonds is 8. The zero-order valence-corrected chi connectivity index (χ0v) is 22.9. The Hall–Kier alpha value is -4.66. The molecule has 4 N–H and O–H groups in total. The smallest absolute Gasteiger partial charge is 0.267 e. The zero-order chi connectivity index (χ0) is 28.1. The van der Waals surface area contributed by atoms with Crippen LogP contribution in [0, 0.1) is 0 Å². The van der Waals surface area contributed by atoms with Crippen molar-refractivity contribution < 1.29 is 14.3 Å². The number of amides is 1. The third-order valence-electron chi connectivity index (χ3n) is 6.45. The number of carbonyl (C=O) groups excluding carboxylic acids is 1. The summed E-state index contributed by atoms with van der Waals surface area (Å²) >= 11 is 0. The van der Waals surface area contributed by atoms with Gasteiger partial charge in [0.05, 0.1) is 32.2 Å². The first-order valence-corrected chi connectivity index (χ1v) is 12.7. The number of hydrazone groups is 1. The number of fused-ring (bicyclic) bond motifs is 1. The molecule has 1 unspecified atom stereocenters. The summed E-state index contributed by atoms with van der Waals surface area (Å²) < 4.78 is 11.3. The van der Waals surface area contributed by atoms with E-state index in [0.717, 1.165) is 33.5 Å². The molecule has 4 rings (SSSR count). The van der Waals surface area contributed by atoms with E-state index in [9.17, 15) is 4.79 Å². The standard InChI is InChI=1S/C30H34N6O3/c1-6-24-23(29(31)35-30(32)34-24)15-19-14-20(28(39-5)26(16-19)38-4)11-12-27(37)36-25(13-18(2)3)22-10-8-7-9-21(22)17-33-36/h7-14,16-17,25H,6,15H2,1-5H3,(H4,31,32,34,35)/b12-11+. The molecule has 1 aliphatic rings. The number of hydrogen-bond acceptors (Lipinski definition) is 8. The van der Waals surface area contributed by atoms with Gasteiger partial charge in [0.1, 0.15) is 5.82 Å². The van der Waals surface area contributed by atoms with Crippen molar-refractivity contribution in [1.29, 1.82) is 0 Å². The minimum absolute atomic E-state index is 0.150. The highest BCUT2D eigenvalue weighted by molar-refractivity contribution is 5.95. The lowest BCUT2D eigenvalue weighted by atomic mass is 9.97. The molecule has 0 fully saturated rings. The molecule has 202 valence electrons. The normalized spacial score (nSPS) is 14.3. The van der Waals surface area contributed by atoms with Crippen LogP contribution >= 0.6 is 0 Å². The predicted octanol–water partition coefficient (Wildman–Crippen LogP) is 4.71. The van der Waals surface area contributed by atoms with Crippen molar-refractivity contribution in [3.05, 3.63) is 87.6 Å². The first kappa shape index (κ1) is 27.4. The molecule has 39 heavy (non-hydrogen) atoms. The average Bonchev–Trinajstić information content (AvgIpc) is 2.92. The Morgan fingerprint density at radius 2 is 1.87 bits per heavy atom. The molecule has 0 bridgehead atoms. The summed E-state index contributed by atoms with van der Waals surface area (Å²) in [5.41, 5.74) is 18.3. The van der Waals surface area contributed by atoms with Gasteiger partial charge in [-0.05, 0) is 49.6 Å². The van der Waals surface area contributed by atoms with E-state index in [-0.39, 0.29) is 17.9 Å². The van der Waals surface area contributed by atoms with Crippen molar-refractivity contribution in [3.8, 4) is 11.5 Å². The van der Waals surface area contributed by atoms with Gasteiger partial charge >= 0.3 is 0 Å². The third-order valence-corrected chi connectivity index (χ3v) is 6.45. The molecule has 2 heterocycles. The summed E-state index contributed by atoms with van der Waals surface area (Å²) in [5.74, 6) is 1.27. The van der Waals surface area contributed by atoms with Crippen LogP contribution in [-0.2, 0) is 17.6 Å². The van der Waals surface area contributed by atoms with Crippen LogP contribution in [0.3, 0.4) is 0 Å². The van der Waals surface area contributed by atoms with Crippen LogP contribution in [0.25, 0.3) is 6.08 Å². The Kier molecular flexibility index (Phi) is 8.29. The molecule has 0 spiro atoms. The molecule has 9 nitrogen and oxygen atoms in total. The Morgan fingerprint density at radius 3 is 2.56 bits per heavy atom. The summed E-state index contributed by atoms with van der Waals surface area (Å²) in [4.78, 5) is 21.9. The number of anilines is 2. The second-order valence-corrected chi connectivity index (χ2v) is 9.42. The van der Waals surface area contributed by atoms with Gasteiger partial charge in [-0.1, -0.05) is 42.8 Å². The van der Waals surface area contributed by atoms with Crippen molar-refractivity contribution in [2.24, 2.45) is 5.10 Å². The Balaban J connectivity index is 1.69. The zero-order valence-electron chi connectivity index (χ0n) is 22.9. The molecule has 1 aromatic heterocycles. The topological polar surface area (TPSA) is 129 Å². The number of nitrogens with two attached hydrogens (primary N) is 2. The molecule has 0 radical (unpaired) electrons. The fourth-order valence-electron chi connectivity index (χ4n) is 4.67. The van der Waals surface area contributed by atoms with Gasteiger partial charge in [-0.2, -0.15) is 10.1 Å². The van der Waals surface area contributed by atoms with Crippen LogP contribution in [0.4, 0.5) is 11.8 Å². The van der Waals surface area contributed by atoms with Crippen molar-refractivity contribution in [2.45, 2.75) is 39.7 Å². The van der Waals surface area contributed by atoms with Gasteiger partial charge in [0.15, 0.2) is 11.5 Å². The van der Waals surface area contributed by atoms with Crippen LogP contribution in [-0.4, -0.2) is 41.3 Å². The molecule has 0 saturated heterocycles. The fourth-order valence-corrected chi connectivity index (χ4v) is 4.67. The Bertz CT molecular complexity index is 1470. The molecule has 1 amide bonds. The SMILES string of the molecule is CCc1nc(N)nc(N)c1Cc1cc(/C=C/C(=O)N2N=Cc3ccccc3C2C=C(C)C)c(OC)c(OC)c1. The van der Waals surface area contributed by atoms with Gasteiger partial charge in [0.25, 0.3) is 5.91 Å². The molecule has 3 aromatic rings. The summed E-state index contributed by atoms with van der Waals surface area (Å²) in [6.07, 6.45) is 8.08. The number of aromatic nitrogens is 2. The van der Waals surface area contributed by atoms with Crippen LogP contribution in [0.15, 0.2) is 59.2 Å². The molecule has 9 heteroatoms. The summed E-state index contributed by atoms with van der Waals surface area (Å²) in [6, 6.07) is 11.4. The maximum absolute atomic E-state index is 13.4. The fraction of sp³-hybridized carbons (Fsp3) is 0.267. The number of nitrogens with zero attached hydrogens (tertiary/aromatic N) is 4. The second kappa shape index (κ2) is 11.8. The van der Waals surface area contributed by atoms with E-state index in [1.54, 1.807) is 26.5 Å². The van der Waals surface area contributed by atoms with E-state index in [4.69, 9.17) is 20.9 Å². The number of benzene rings is 2. The van der Waals surface area contributed by atoms with Crippen LogP contribution in [0.2, 0.25) is 0 Å². The van der Waals surface area contributed by atoms with E-state index in [2.05, 4.69) is 15.1 Å². The molecular weight excluding hydrogens is 492 g/mol. The van der Waals surface area contributed by atoms with Gasteiger partial charge < -0.3 is 20.9 Å². The predicted molar refractivity (Wildman–Crippen MR) is 155 cm³/mol. The third kappa shape index (κ3) is 5.93. The van der Waals surface area contributed by atoms with Crippen molar-refractivity contribution in [3.63, 3.8) is 0 Å². The molecule has 2 aromatic carbocycles. The van der Waals surface area contributed by atoms with Gasteiger partial charge in [-0.3, -0.25) is 4.79 Å². The molecule has 0 aliphatic carbocycles. The van der Waals surface area contributed by atoms with Crippen LogP contribution in [0.5, 0.6) is 11.5 Å². The largest absolute Gasteiger partial charge is 0.493 e. The lowest BCUT2D eigenvalue weighted by molar-refractivity contribution is -0.127. The Labute approximate surface area is 228 Å². The molecule has 1 aliphatic heterocycles. The van der Waals surface area contributed by atoms with Crippen molar-refractivity contribution >= 4 is 30.0 Å². The van der Waals surface area contributed by atoms with Crippen LogP contribution in [0.1, 0.15) is 60.3 Å². The van der Waals surface area contributed by atoms with E-state index < -0.39 is 0 Å². The van der Waals surface area contributed by atoms with Gasteiger partial charge in [-0.25, -0.2) is 9.99 Å². The van der Waals surface area contributed by atoms with Gasteiger partial charge in [0.2, 0.25) is 5.95 Å². The molecule has 1 atom stereocenters. The quantitative estimate of drug-likeness (QED) is 0.321. The first-order chi connectivity index (χ1) is 18.7. The van der Waals surface area contributed by atoms with Crippen molar-refractivity contribution in [1.82, 2.24) is 15.0 Å². The monoisotopic (exact) mass is 526 g/mol. The van der Waals surface area contributed by atoms with E-state index in [1.807, 2.05) is 63.2 Å². The van der Waals surface area contributed by atoms with Crippen molar-refractivity contribution in [2.75, 3.05) is 25.7 Å². The lowest BCUT2D eigenvalue weighted by Gasteiger charge is -2.29. The average molecular weight is 527 g/mol. The number of methoxy groups -OCH3 is 2. The second-order valence-electron chi connectivity index (χ2n) is 9.42. The molecular formula is C30H34N6O3. The number of aryl methyl sites for hydroxylation is 1. The lowest BCUT2D eigenvalue weighted by Crippen LogP contribution is -2.31. The molecule has 0 saturated carbocycles. The van der Waals surface area contributed by atoms with Crippen LogP contribution < -0.4 is 20.9 Å². The van der Waals surface area contributed by atoms with Gasteiger partial charge in [0, 0.05) is 29.2 Å². The summed E-state index contributed by atoms with van der Waals surface area (Å²) in [6.45, 7) is 6.00. The number of nitrogen functional groups attached to an aromatic ring is 2. The number of ether oxygens (including phenoxy) is 2. The highest BCUT2D eigenvalue weighted by Crippen LogP contribution is 2.36.